The smallest absolute Gasteiger partial charge is 0.126 e. The molecule has 0 heterocycles. The summed E-state index contributed by atoms with van der Waals surface area (Å²) in [6, 6.07) is 4.26. The van der Waals surface area contributed by atoms with E-state index in [1.165, 1.54) is 25.3 Å². The Bertz CT molecular complexity index is 363. The third kappa shape index (κ3) is 2.53. The summed E-state index contributed by atoms with van der Waals surface area (Å²) < 4.78 is 12.8. The first-order chi connectivity index (χ1) is 7.66. The molecule has 0 amide bonds. The van der Waals surface area contributed by atoms with Gasteiger partial charge in [-0.05, 0) is 38.3 Å². The van der Waals surface area contributed by atoms with Crippen molar-refractivity contribution in [2.45, 2.75) is 32.2 Å². The Morgan fingerprint density at radius 2 is 2.25 bits per heavy atom. The number of hydrogen-bond acceptors (Lipinski definition) is 2. The van der Waals surface area contributed by atoms with E-state index in [1.54, 1.807) is 6.07 Å². The minimum absolute atomic E-state index is 0.0357. The fourth-order valence-corrected chi connectivity index (χ4v) is 2.03. The molecule has 2 nitrogen and oxygen atoms in total. The normalized spacial score (nSPS) is 18.1. The number of phenols is 1. The molecule has 1 atom stereocenters. The predicted molar refractivity (Wildman–Crippen MR) is 61.8 cm³/mol. The van der Waals surface area contributed by atoms with Crippen molar-refractivity contribution >= 4 is 0 Å². The van der Waals surface area contributed by atoms with Gasteiger partial charge in [-0.15, -0.1) is 0 Å². The van der Waals surface area contributed by atoms with Crippen LogP contribution in [-0.2, 0) is 0 Å². The summed E-state index contributed by atoms with van der Waals surface area (Å²) in [5, 5.41) is 13.0. The molecule has 16 heavy (non-hydrogen) atoms. The summed E-state index contributed by atoms with van der Waals surface area (Å²) in [6.07, 6.45) is 3.94. The summed E-state index contributed by atoms with van der Waals surface area (Å²) in [5.41, 5.74) is 0.765. The van der Waals surface area contributed by atoms with Gasteiger partial charge in [0.05, 0.1) is 0 Å². The van der Waals surface area contributed by atoms with Crippen molar-refractivity contribution in [1.82, 2.24) is 5.32 Å². The summed E-state index contributed by atoms with van der Waals surface area (Å²) >= 11 is 0. The van der Waals surface area contributed by atoms with Crippen LogP contribution in [0.15, 0.2) is 18.2 Å². The topological polar surface area (TPSA) is 32.3 Å². The minimum atomic E-state index is -0.396. The fourth-order valence-electron chi connectivity index (χ4n) is 2.03. The highest BCUT2D eigenvalue weighted by Gasteiger charge is 2.18. The van der Waals surface area contributed by atoms with E-state index in [0.29, 0.717) is 0 Å². The van der Waals surface area contributed by atoms with Gasteiger partial charge in [-0.25, -0.2) is 4.39 Å². The molecule has 1 aliphatic carbocycles. The molecule has 0 bridgehead atoms. The predicted octanol–water partition coefficient (Wildman–Crippen LogP) is 2.98. The van der Waals surface area contributed by atoms with Gasteiger partial charge in [0, 0.05) is 17.7 Å². The molecule has 0 spiro atoms. The van der Waals surface area contributed by atoms with E-state index in [9.17, 15) is 9.50 Å². The second kappa shape index (κ2) is 4.83. The molecule has 1 fully saturated rings. The molecule has 88 valence electrons. The Labute approximate surface area is 95.5 Å². The van der Waals surface area contributed by atoms with E-state index in [2.05, 4.69) is 5.32 Å². The van der Waals surface area contributed by atoms with E-state index in [1.807, 2.05) is 6.92 Å². The molecule has 3 heteroatoms. The first-order valence-electron chi connectivity index (χ1n) is 5.88. The van der Waals surface area contributed by atoms with Crippen LogP contribution in [0.25, 0.3) is 0 Å². The summed E-state index contributed by atoms with van der Waals surface area (Å²) in [5.74, 6) is 0.422. The average molecular weight is 223 g/mol. The first-order valence-corrected chi connectivity index (χ1v) is 5.88. The van der Waals surface area contributed by atoms with Gasteiger partial charge in [-0.2, -0.15) is 0 Å². The van der Waals surface area contributed by atoms with Crippen molar-refractivity contribution in [2.75, 3.05) is 6.54 Å². The molecule has 0 aliphatic heterocycles. The third-order valence-corrected chi connectivity index (χ3v) is 3.40. The molecule has 1 aromatic rings. The second-order valence-corrected chi connectivity index (χ2v) is 4.63. The van der Waals surface area contributed by atoms with Crippen LogP contribution in [-0.4, -0.2) is 11.7 Å². The van der Waals surface area contributed by atoms with Gasteiger partial charge in [-0.1, -0.05) is 12.5 Å². The molecular formula is C13H18FNO. The molecule has 0 aromatic heterocycles. The molecule has 2 N–H and O–H groups in total. The van der Waals surface area contributed by atoms with Crippen molar-refractivity contribution in [1.29, 1.82) is 0 Å². The molecule has 1 aromatic carbocycles. The Morgan fingerprint density at radius 3 is 2.81 bits per heavy atom. The number of aromatic hydroxyl groups is 1. The van der Waals surface area contributed by atoms with Crippen LogP contribution < -0.4 is 5.32 Å². The maximum atomic E-state index is 12.8. The highest BCUT2D eigenvalue weighted by molar-refractivity contribution is 5.34. The number of benzene rings is 1. The van der Waals surface area contributed by atoms with Crippen molar-refractivity contribution in [3.8, 4) is 5.75 Å². The highest BCUT2D eigenvalue weighted by atomic mass is 19.1. The lowest BCUT2D eigenvalue weighted by atomic mass is 9.85. The molecule has 0 radical (unpaired) electrons. The molecule has 1 aliphatic rings. The zero-order chi connectivity index (χ0) is 11.5. The molecule has 0 saturated heterocycles. The van der Waals surface area contributed by atoms with Crippen molar-refractivity contribution < 1.29 is 9.50 Å². The average Bonchev–Trinajstić information content (AvgIpc) is 2.14. The van der Waals surface area contributed by atoms with Gasteiger partial charge < -0.3 is 10.4 Å². The zero-order valence-electron chi connectivity index (χ0n) is 9.54. The van der Waals surface area contributed by atoms with E-state index in [0.717, 1.165) is 24.1 Å². The number of phenolic OH excluding ortho intramolecular Hbond substituents is 1. The van der Waals surface area contributed by atoms with Gasteiger partial charge in [-0.3, -0.25) is 0 Å². The second-order valence-electron chi connectivity index (χ2n) is 4.63. The molecule has 1 saturated carbocycles. The molecule has 1 unspecified atom stereocenters. The van der Waals surface area contributed by atoms with Crippen LogP contribution >= 0.6 is 0 Å². The van der Waals surface area contributed by atoms with Crippen LogP contribution in [0.1, 0.15) is 37.8 Å². The van der Waals surface area contributed by atoms with Gasteiger partial charge in [0.2, 0.25) is 0 Å². The molecular weight excluding hydrogens is 205 g/mol. The van der Waals surface area contributed by atoms with Crippen LogP contribution in [0.3, 0.4) is 0 Å². The lowest BCUT2D eigenvalue weighted by molar-refractivity contribution is 0.291. The fraction of sp³-hybridized carbons (Fsp3) is 0.538. The minimum Gasteiger partial charge on any atom is -0.508 e. The summed E-state index contributed by atoms with van der Waals surface area (Å²) in [4.78, 5) is 0. The maximum Gasteiger partial charge on any atom is 0.126 e. The number of halogens is 1. The van der Waals surface area contributed by atoms with Gasteiger partial charge >= 0.3 is 0 Å². The quantitative estimate of drug-likeness (QED) is 0.822. The van der Waals surface area contributed by atoms with Gasteiger partial charge in [0.1, 0.15) is 11.6 Å². The Morgan fingerprint density at radius 1 is 1.50 bits per heavy atom. The van der Waals surface area contributed by atoms with Crippen molar-refractivity contribution in [3.05, 3.63) is 29.6 Å². The lowest BCUT2D eigenvalue weighted by Crippen LogP contribution is -2.29. The highest BCUT2D eigenvalue weighted by Crippen LogP contribution is 2.28. The standard InChI is InChI=1S/C13H18FNO/c1-9(15-8-10-3-2-4-10)12-6-5-11(14)7-13(12)16/h5-7,9-10,15-16H,2-4,8H2,1H3. The van der Waals surface area contributed by atoms with Crippen molar-refractivity contribution in [3.63, 3.8) is 0 Å². The Hall–Kier alpha value is -1.09. The number of rotatable bonds is 4. The first kappa shape index (κ1) is 11.4. The Balaban J connectivity index is 1.93. The molecule has 2 rings (SSSR count). The SMILES string of the molecule is CC(NCC1CCC1)c1ccc(F)cc1O. The number of nitrogens with one attached hydrogen (secondary N) is 1. The van der Waals surface area contributed by atoms with Gasteiger partial charge in [0.15, 0.2) is 0 Å². The van der Waals surface area contributed by atoms with Crippen LogP contribution in [0.4, 0.5) is 4.39 Å². The van der Waals surface area contributed by atoms with Crippen LogP contribution in [0.5, 0.6) is 5.75 Å². The monoisotopic (exact) mass is 223 g/mol. The maximum absolute atomic E-state index is 12.8. The van der Waals surface area contributed by atoms with E-state index < -0.39 is 5.82 Å². The van der Waals surface area contributed by atoms with Crippen LogP contribution in [0.2, 0.25) is 0 Å². The van der Waals surface area contributed by atoms with Crippen LogP contribution in [0, 0.1) is 11.7 Å². The zero-order valence-corrected chi connectivity index (χ0v) is 9.54. The van der Waals surface area contributed by atoms with Gasteiger partial charge in [0.25, 0.3) is 0 Å². The van der Waals surface area contributed by atoms with E-state index in [-0.39, 0.29) is 11.8 Å². The largest absolute Gasteiger partial charge is 0.508 e. The summed E-state index contributed by atoms with van der Waals surface area (Å²) in [7, 11) is 0. The van der Waals surface area contributed by atoms with Crippen molar-refractivity contribution in [2.24, 2.45) is 5.92 Å². The van der Waals surface area contributed by atoms with E-state index >= 15 is 0 Å². The number of hydrogen-bond donors (Lipinski definition) is 2. The summed E-state index contributed by atoms with van der Waals surface area (Å²) in [6.45, 7) is 2.98. The third-order valence-electron chi connectivity index (χ3n) is 3.40. The van der Waals surface area contributed by atoms with E-state index in [4.69, 9.17) is 0 Å². The Kier molecular flexibility index (Phi) is 3.44. The lowest BCUT2D eigenvalue weighted by Gasteiger charge is -2.27.